The van der Waals surface area contributed by atoms with Crippen LogP contribution in [0, 0.1) is 5.41 Å². The number of esters is 1. The molecule has 4 aromatic rings. The van der Waals surface area contributed by atoms with Gasteiger partial charge in [0.25, 0.3) is 0 Å². The zero-order valence-electron chi connectivity index (χ0n) is 26.9. The molecule has 1 N–H and O–H groups in total. The van der Waals surface area contributed by atoms with Crippen molar-refractivity contribution in [2.45, 2.75) is 58.4 Å². The number of pyridine rings is 1. The van der Waals surface area contributed by atoms with Crippen molar-refractivity contribution in [3.05, 3.63) is 84.3 Å². The van der Waals surface area contributed by atoms with E-state index in [0.717, 1.165) is 11.8 Å². The molecule has 0 aliphatic carbocycles. The topological polar surface area (TPSA) is 95.6 Å². The minimum atomic E-state index is -4.58. The van der Waals surface area contributed by atoms with E-state index >= 15 is 0 Å². The lowest BCUT2D eigenvalue weighted by atomic mass is 9.95. The molecule has 1 unspecified atom stereocenters. The molecule has 2 aromatic carbocycles. The van der Waals surface area contributed by atoms with Crippen LogP contribution in [-0.4, -0.2) is 55.5 Å². The number of benzene rings is 2. The number of H-pyrrole nitrogens is 1. The summed E-state index contributed by atoms with van der Waals surface area (Å²) >= 11 is 0. The summed E-state index contributed by atoms with van der Waals surface area (Å²) in [7, 11) is -0.0406. The predicted molar refractivity (Wildman–Crippen MR) is 172 cm³/mol. The van der Waals surface area contributed by atoms with E-state index in [-0.39, 0.29) is 37.3 Å². The number of nitrogens with one attached hydrogen (secondary N) is 1. The Balaban J connectivity index is 1.41. The number of rotatable bonds is 14. The van der Waals surface area contributed by atoms with Crippen molar-refractivity contribution in [1.29, 1.82) is 0 Å². The van der Waals surface area contributed by atoms with Crippen molar-refractivity contribution < 1.29 is 36.9 Å². The zero-order valence-corrected chi connectivity index (χ0v) is 27.9. The van der Waals surface area contributed by atoms with Crippen LogP contribution in [0.3, 0.4) is 0 Å². The van der Waals surface area contributed by atoms with Gasteiger partial charge in [0.1, 0.15) is 30.5 Å². The van der Waals surface area contributed by atoms with E-state index in [4.69, 9.17) is 18.9 Å². The van der Waals surface area contributed by atoms with E-state index < -0.39 is 25.8 Å². The molecule has 0 aliphatic rings. The van der Waals surface area contributed by atoms with Crippen LogP contribution in [-0.2, 0) is 20.9 Å². The Bertz CT molecular complexity index is 1590. The quantitative estimate of drug-likeness (QED) is 0.108. The van der Waals surface area contributed by atoms with E-state index in [0.29, 0.717) is 34.4 Å². The first kappa shape index (κ1) is 34.7. The number of carbonyl (C=O) groups excluding carboxylic acids is 1. The molecule has 0 fully saturated rings. The van der Waals surface area contributed by atoms with Gasteiger partial charge in [0.05, 0.1) is 30.1 Å². The van der Waals surface area contributed by atoms with E-state index in [1.807, 2.05) is 30.3 Å². The zero-order chi connectivity index (χ0) is 33.5. The number of aromatic amines is 1. The third-order valence-corrected chi connectivity index (χ3v) is 8.87. The van der Waals surface area contributed by atoms with Gasteiger partial charge in [-0.15, -0.1) is 0 Å². The first-order valence-corrected chi connectivity index (χ1v) is 18.6. The highest BCUT2D eigenvalue weighted by molar-refractivity contribution is 6.76. The molecule has 0 amide bonds. The van der Waals surface area contributed by atoms with Crippen molar-refractivity contribution in [3.8, 4) is 34.1 Å². The molecule has 0 bridgehead atoms. The SMILES string of the molecule is COc1cc(OCC(C)(C)C(=O)OCc2ccccc2)ccc1-c1ccc(-c2ncc(C(OCC[Si](C)(C)C)C(F)(F)F)[nH]2)cn1. The van der Waals surface area contributed by atoms with Crippen molar-refractivity contribution in [1.82, 2.24) is 15.0 Å². The van der Waals surface area contributed by atoms with Gasteiger partial charge in [-0.25, -0.2) is 4.98 Å². The average molecular weight is 656 g/mol. The number of aromatic nitrogens is 3. The molecule has 0 spiro atoms. The summed E-state index contributed by atoms with van der Waals surface area (Å²) < 4.78 is 63.7. The lowest BCUT2D eigenvalue weighted by Crippen LogP contribution is -2.32. The van der Waals surface area contributed by atoms with E-state index in [1.165, 1.54) is 13.3 Å². The maximum Gasteiger partial charge on any atom is 0.420 e. The van der Waals surface area contributed by atoms with Gasteiger partial charge >= 0.3 is 12.1 Å². The number of ether oxygens (including phenoxy) is 4. The molecule has 246 valence electrons. The summed E-state index contributed by atoms with van der Waals surface area (Å²) in [5.74, 6) is 0.857. The Kier molecular flexibility index (Phi) is 10.9. The van der Waals surface area contributed by atoms with Crippen LogP contribution >= 0.6 is 0 Å². The lowest BCUT2D eigenvalue weighted by Gasteiger charge is -2.23. The maximum absolute atomic E-state index is 13.8. The molecule has 2 aromatic heterocycles. The summed E-state index contributed by atoms with van der Waals surface area (Å²) in [4.78, 5) is 24.1. The molecular formula is C34H40F3N3O5Si. The number of hydrogen-bond donors (Lipinski definition) is 1. The molecule has 8 nitrogen and oxygen atoms in total. The van der Waals surface area contributed by atoms with Gasteiger partial charge in [-0.1, -0.05) is 50.0 Å². The summed E-state index contributed by atoms with van der Waals surface area (Å²) in [6.45, 7) is 10.0. The van der Waals surface area contributed by atoms with Crippen LogP contribution in [0.15, 0.2) is 73.1 Å². The molecule has 46 heavy (non-hydrogen) atoms. The molecular weight excluding hydrogens is 615 g/mol. The summed E-state index contributed by atoms with van der Waals surface area (Å²) in [5, 5.41) is 0. The first-order chi connectivity index (χ1) is 21.7. The van der Waals surface area contributed by atoms with E-state index in [1.54, 1.807) is 44.2 Å². The fraction of sp³-hybridized carbons (Fsp3) is 0.382. The van der Waals surface area contributed by atoms with Gasteiger partial charge in [0.2, 0.25) is 0 Å². The molecule has 2 heterocycles. The number of imidazole rings is 1. The van der Waals surface area contributed by atoms with Gasteiger partial charge in [-0.3, -0.25) is 9.78 Å². The highest BCUT2D eigenvalue weighted by Gasteiger charge is 2.43. The van der Waals surface area contributed by atoms with Crippen LogP contribution in [0.5, 0.6) is 11.5 Å². The molecule has 4 rings (SSSR count). The molecule has 0 saturated heterocycles. The molecule has 0 aliphatic heterocycles. The second-order valence-corrected chi connectivity index (χ2v) is 18.4. The Morgan fingerprint density at radius 1 is 0.978 bits per heavy atom. The molecule has 0 radical (unpaired) electrons. The van der Waals surface area contributed by atoms with Crippen LogP contribution in [0.25, 0.3) is 22.6 Å². The Hall–Kier alpha value is -4.16. The van der Waals surface area contributed by atoms with Crippen LogP contribution in [0.2, 0.25) is 25.7 Å². The predicted octanol–water partition coefficient (Wildman–Crippen LogP) is 8.25. The second-order valence-electron chi connectivity index (χ2n) is 12.8. The number of halogens is 3. The van der Waals surface area contributed by atoms with Crippen LogP contribution < -0.4 is 9.47 Å². The highest BCUT2D eigenvalue weighted by atomic mass is 28.3. The number of nitrogens with zero attached hydrogens (tertiary/aromatic N) is 2. The largest absolute Gasteiger partial charge is 0.496 e. The third kappa shape index (κ3) is 9.43. The first-order valence-electron chi connectivity index (χ1n) is 14.9. The number of hydrogen-bond acceptors (Lipinski definition) is 7. The highest BCUT2D eigenvalue weighted by Crippen LogP contribution is 2.37. The number of carbonyl (C=O) groups is 1. The standard InChI is InChI=1S/C34H40F3N3O5Si/c1-33(2,32(41)44-21-23-10-8-7-9-11-23)22-45-25-13-14-26(29(18-25)42-3)27-15-12-24(19-38-27)31-39-20-28(40-31)30(34(35,36)37)43-16-17-46(4,5)6/h7-15,18-20,30H,16-17,21-22H2,1-6H3,(H,39,40). The average Bonchev–Trinajstić information content (AvgIpc) is 3.50. The fourth-order valence-electron chi connectivity index (χ4n) is 4.37. The fourth-order valence-corrected chi connectivity index (χ4v) is 5.10. The Labute approximate surface area is 268 Å². The Morgan fingerprint density at radius 3 is 2.35 bits per heavy atom. The van der Waals surface area contributed by atoms with E-state index in [2.05, 4.69) is 34.6 Å². The second kappa shape index (κ2) is 14.5. The van der Waals surface area contributed by atoms with Gasteiger partial charge < -0.3 is 23.9 Å². The minimum absolute atomic E-state index is 0.0230. The monoisotopic (exact) mass is 655 g/mol. The lowest BCUT2D eigenvalue weighted by molar-refractivity contribution is -0.223. The normalized spacial score (nSPS) is 12.9. The van der Waals surface area contributed by atoms with Crippen molar-refractivity contribution in [2.75, 3.05) is 20.3 Å². The van der Waals surface area contributed by atoms with Crippen molar-refractivity contribution in [2.24, 2.45) is 5.41 Å². The molecule has 0 saturated carbocycles. The van der Waals surface area contributed by atoms with E-state index in [9.17, 15) is 18.0 Å². The number of methoxy groups -OCH3 is 1. The smallest absolute Gasteiger partial charge is 0.420 e. The van der Waals surface area contributed by atoms with Gasteiger partial charge in [0, 0.05) is 38.1 Å². The van der Waals surface area contributed by atoms with Gasteiger partial charge in [-0.2, -0.15) is 13.2 Å². The maximum atomic E-state index is 13.8. The summed E-state index contributed by atoms with van der Waals surface area (Å²) in [6, 6.07) is 18.7. The van der Waals surface area contributed by atoms with Crippen LogP contribution in [0.4, 0.5) is 13.2 Å². The summed E-state index contributed by atoms with van der Waals surface area (Å²) in [6.07, 6.45) is -3.99. The summed E-state index contributed by atoms with van der Waals surface area (Å²) in [5.41, 5.74) is 1.61. The Morgan fingerprint density at radius 2 is 1.72 bits per heavy atom. The molecule has 12 heteroatoms. The van der Waals surface area contributed by atoms with Gasteiger partial charge in [-0.05, 0) is 49.7 Å². The minimum Gasteiger partial charge on any atom is -0.496 e. The van der Waals surface area contributed by atoms with Crippen molar-refractivity contribution in [3.63, 3.8) is 0 Å². The van der Waals surface area contributed by atoms with Crippen LogP contribution in [0.1, 0.15) is 31.2 Å². The van der Waals surface area contributed by atoms with Gasteiger partial charge in [0.15, 0.2) is 6.10 Å². The molecule has 1 atom stereocenters. The number of alkyl halides is 3. The van der Waals surface area contributed by atoms with Crippen molar-refractivity contribution >= 4 is 14.0 Å². The third-order valence-electron chi connectivity index (χ3n) is 7.16.